The number of methoxy groups -OCH3 is 1. The number of carbonyl (C=O) groups is 1. The number of ketones is 1. The highest BCUT2D eigenvalue weighted by atomic mass is 16.5. The first-order chi connectivity index (χ1) is 7.63. The van der Waals surface area contributed by atoms with Crippen LogP contribution in [0, 0.1) is 6.57 Å². The largest absolute Gasteiger partial charge is 0.464 e. The number of aromatic nitrogens is 1. The van der Waals surface area contributed by atoms with E-state index in [1.807, 2.05) is 0 Å². The number of allylic oxidation sites excluding steroid dienone is 2. The first kappa shape index (κ1) is 11.9. The van der Waals surface area contributed by atoms with Gasteiger partial charge in [-0.05, 0) is 13.8 Å². The molecule has 0 aliphatic heterocycles. The Morgan fingerprint density at radius 2 is 2.25 bits per heavy atom. The molecule has 0 bridgehead atoms. The molecule has 82 valence electrons. The maximum absolute atomic E-state index is 11.4. The molecule has 0 radical (unpaired) electrons. The molecule has 0 fully saturated rings. The monoisotopic (exact) mass is 216 g/mol. The fraction of sp³-hybridized carbons (Fsp3) is 0.250. The fourth-order valence-corrected chi connectivity index (χ4v) is 1.39. The van der Waals surface area contributed by atoms with Crippen molar-refractivity contribution in [2.45, 2.75) is 13.8 Å². The van der Waals surface area contributed by atoms with Gasteiger partial charge >= 0.3 is 5.88 Å². The van der Waals surface area contributed by atoms with Gasteiger partial charge in [0.15, 0.2) is 5.78 Å². The van der Waals surface area contributed by atoms with E-state index in [9.17, 15) is 4.79 Å². The lowest BCUT2D eigenvalue weighted by Gasteiger charge is -2.05. The molecule has 0 amide bonds. The molecule has 0 N–H and O–H groups in total. The minimum Gasteiger partial charge on any atom is -0.464 e. The Hall–Kier alpha value is -2.15. The maximum atomic E-state index is 11.4. The van der Waals surface area contributed by atoms with Crippen molar-refractivity contribution in [2.24, 2.45) is 0 Å². The maximum Gasteiger partial charge on any atom is 0.308 e. The third kappa shape index (κ3) is 2.26. The number of carbonyl (C=O) groups excluding carboxylic acids is 1. The lowest BCUT2D eigenvalue weighted by atomic mass is 10.0. The summed E-state index contributed by atoms with van der Waals surface area (Å²) in [5.41, 5.74) is 1.05. The van der Waals surface area contributed by atoms with E-state index in [4.69, 9.17) is 11.3 Å². The molecule has 0 spiro atoms. The van der Waals surface area contributed by atoms with Crippen molar-refractivity contribution in [3.63, 3.8) is 0 Å². The van der Waals surface area contributed by atoms with Gasteiger partial charge in [-0.15, -0.1) is 0 Å². The van der Waals surface area contributed by atoms with Gasteiger partial charge in [-0.25, -0.2) is 0 Å². The number of ether oxygens (including phenoxy) is 1. The standard InChI is InChI=1S/C12H12N2O2/c1-5-9(8(2)15)10-6-7-11(16-4)14-12(10)13-3/h5-7H,1-2,4H3/b9-5+. The molecule has 0 saturated heterocycles. The second-order valence-electron chi connectivity index (χ2n) is 3.10. The SMILES string of the molecule is [C-]#[N+]c1nc(OC)ccc1/C(=C/C)C(C)=O. The summed E-state index contributed by atoms with van der Waals surface area (Å²) < 4.78 is 4.93. The average molecular weight is 216 g/mol. The third-order valence-corrected chi connectivity index (χ3v) is 2.12. The summed E-state index contributed by atoms with van der Waals surface area (Å²) in [6.45, 7) is 10.3. The summed E-state index contributed by atoms with van der Waals surface area (Å²) in [6, 6.07) is 3.31. The fourth-order valence-electron chi connectivity index (χ4n) is 1.39. The highest BCUT2D eigenvalue weighted by Crippen LogP contribution is 2.27. The number of hydrogen-bond acceptors (Lipinski definition) is 3. The van der Waals surface area contributed by atoms with E-state index in [0.717, 1.165) is 0 Å². The van der Waals surface area contributed by atoms with Gasteiger partial charge in [0, 0.05) is 17.2 Å². The predicted octanol–water partition coefficient (Wildman–Crippen LogP) is 2.63. The van der Waals surface area contributed by atoms with Gasteiger partial charge < -0.3 is 9.58 Å². The van der Waals surface area contributed by atoms with Crippen molar-refractivity contribution in [3.05, 3.63) is 35.2 Å². The summed E-state index contributed by atoms with van der Waals surface area (Å²) in [4.78, 5) is 18.7. The zero-order chi connectivity index (χ0) is 12.1. The molecule has 1 heterocycles. The van der Waals surface area contributed by atoms with Crippen molar-refractivity contribution in [1.29, 1.82) is 0 Å². The Morgan fingerprint density at radius 1 is 1.56 bits per heavy atom. The van der Waals surface area contributed by atoms with Gasteiger partial charge in [-0.3, -0.25) is 4.79 Å². The third-order valence-electron chi connectivity index (χ3n) is 2.12. The van der Waals surface area contributed by atoms with Crippen LogP contribution in [0.3, 0.4) is 0 Å². The Kier molecular flexibility index (Phi) is 3.78. The van der Waals surface area contributed by atoms with Crippen LogP contribution in [-0.4, -0.2) is 17.9 Å². The summed E-state index contributed by atoms with van der Waals surface area (Å²) >= 11 is 0. The topological polar surface area (TPSA) is 43.5 Å². The molecular formula is C12H12N2O2. The number of Topliss-reactive ketones (excluding diaryl/α,β-unsaturated/α-hetero) is 1. The van der Waals surface area contributed by atoms with E-state index in [1.54, 1.807) is 25.1 Å². The molecule has 16 heavy (non-hydrogen) atoms. The smallest absolute Gasteiger partial charge is 0.308 e. The Bertz CT molecular complexity index is 484. The summed E-state index contributed by atoms with van der Waals surface area (Å²) in [5.74, 6) is 0.468. The predicted molar refractivity (Wildman–Crippen MR) is 61.4 cm³/mol. The van der Waals surface area contributed by atoms with E-state index in [0.29, 0.717) is 17.0 Å². The van der Waals surface area contributed by atoms with Crippen LogP contribution >= 0.6 is 0 Å². The van der Waals surface area contributed by atoms with Crippen LogP contribution in [0.25, 0.3) is 10.4 Å². The second kappa shape index (κ2) is 5.08. The molecule has 0 aliphatic carbocycles. The van der Waals surface area contributed by atoms with Crippen LogP contribution in [0.5, 0.6) is 5.88 Å². The van der Waals surface area contributed by atoms with Gasteiger partial charge in [-0.2, -0.15) is 0 Å². The van der Waals surface area contributed by atoms with E-state index in [2.05, 4.69) is 9.83 Å². The lowest BCUT2D eigenvalue weighted by Crippen LogP contribution is -1.97. The molecule has 4 nitrogen and oxygen atoms in total. The van der Waals surface area contributed by atoms with Gasteiger partial charge in [-0.1, -0.05) is 23.7 Å². The molecule has 0 saturated carbocycles. The zero-order valence-corrected chi connectivity index (χ0v) is 9.44. The first-order valence-electron chi connectivity index (χ1n) is 4.74. The van der Waals surface area contributed by atoms with Crippen LogP contribution in [0.4, 0.5) is 5.82 Å². The van der Waals surface area contributed by atoms with E-state index in [-0.39, 0.29) is 11.6 Å². The van der Waals surface area contributed by atoms with Crippen LogP contribution in [0.1, 0.15) is 19.4 Å². The first-order valence-corrected chi connectivity index (χ1v) is 4.74. The van der Waals surface area contributed by atoms with Crippen LogP contribution in [0.2, 0.25) is 0 Å². The number of pyridine rings is 1. The molecule has 0 atom stereocenters. The van der Waals surface area contributed by atoms with Crippen molar-refractivity contribution in [1.82, 2.24) is 4.98 Å². The van der Waals surface area contributed by atoms with Gasteiger partial charge in [0.25, 0.3) is 5.82 Å². The van der Waals surface area contributed by atoms with Gasteiger partial charge in [0.1, 0.15) is 0 Å². The number of nitrogens with zero attached hydrogens (tertiary/aromatic N) is 2. The molecule has 0 aromatic carbocycles. The molecule has 1 aromatic rings. The Morgan fingerprint density at radius 3 is 2.69 bits per heavy atom. The normalized spacial score (nSPS) is 10.8. The van der Waals surface area contributed by atoms with Gasteiger partial charge in [0.05, 0.1) is 7.11 Å². The number of rotatable bonds is 3. The van der Waals surface area contributed by atoms with Crippen LogP contribution < -0.4 is 4.74 Å². The summed E-state index contributed by atoms with van der Waals surface area (Å²) in [7, 11) is 1.48. The van der Waals surface area contributed by atoms with Crippen molar-refractivity contribution in [2.75, 3.05) is 7.11 Å². The average Bonchev–Trinajstić information content (AvgIpc) is 2.29. The van der Waals surface area contributed by atoms with Crippen molar-refractivity contribution >= 4 is 17.2 Å². The molecule has 0 unspecified atom stereocenters. The quantitative estimate of drug-likeness (QED) is 0.576. The zero-order valence-electron chi connectivity index (χ0n) is 9.44. The molecular weight excluding hydrogens is 204 g/mol. The molecule has 1 rings (SSSR count). The Labute approximate surface area is 94.4 Å². The minimum atomic E-state index is -0.0839. The highest BCUT2D eigenvalue weighted by Gasteiger charge is 2.14. The molecule has 4 heteroatoms. The molecule has 1 aromatic heterocycles. The Balaban J connectivity index is 3.35. The second-order valence-corrected chi connectivity index (χ2v) is 3.10. The van der Waals surface area contributed by atoms with E-state index < -0.39 is 0 Å². The van der Waals surface area contributed by atoms with Crippen molar-refractivity contribution < 1.29 is 9.53 Å². The van der Waals surface area contributed by atoms with E-state index in [1.165, 1.54) is 14.0 Å². The summed E-state index contributed by atoms with van der Waals surface area (Å²) in [5, 5.41) is 0. The summed E-state index contributed by atoms with van der Waals surface area (Å²) in [6.07, 6.45) is 1.68. The van der Waals surface area contributed by atoms with E-state index >= 15 is 0 Å². The molecule has 0 aliphatic rings. The highest BCUT2D eigenvalue weighted by molar-refractivity contribution is 6.20. The van der Waals surface area contributed by atoms with Gasteiger partial charge in [0.2, 0.25) is 0 Å². The van der Waals surface area contributed by atoms with Crippen LogP contribution in [0.15, 0.2) is 18.2 Å². The lowest BCUT2D eigenvalue weighted by molar-refractivity contribution is -0.111. The van der Waals surface area contributed by atoms with Crippen LogP contribution in [-0.2, 0) is 4.79 Å². The van der Waals surface area contributed by atoms with Crippen molar-refractivity contribution in [3.8, 4) is 5.88 Å². The minimum absolute atomic E-state index is 0.0839. The number of hydrogen-bond donors (Lipinski definition) is 0.